The van der Waals surface area contributed by atoms with Crippen molar-refractivity contribution in [3.63, 3.8) is 0 Å². The Morgan fingerprint density at radius 3 is 2.90 bits per heavy atom. The van der Waals surface area contributed by atoms with Gasteiger partial charge in [-0.3, -0.25) is 4.98 Å². The molecule has 0 aliphatic heterocycles. The van der Waals surface area contributed by atoms with Gasteiger partial charge in [0.1, 0.15) is 5.58 Å². The van der Waals surface area contributed by atoms with E-state index < -0.39 is 11.6 Å². The van der Waals surface area contributed by atoms with E-state index >= 15 is 0 Å². The molecule has 20 heavy (non-hydrogen) atoms. The van der Waals surface area contributed by atoms with Crippen molar-refractivity contribution in [2.45, 2.75) is 6.92 Å². The lowest BCUT2D eigenvalue weighted by atomic mass is 10.0. The third-order valence-corrected chi connectivity index (χ3v) is 3.21. The first-order valence-electron chi connectivity index (χ1n) is 6.02. The zero-order chi connectivity index (χ0) is 14.3. The van der Waals surface area contributed by atoms with Crippen LogP contribution in [0, 0.1) is 6.92 Å². The lowest BCUT2D eigenvalue weighted by molar-refractivity contribution is 0.0602. The second-order valence-electron chi connectivity index (χ2n) is 4.44. The summed E-state index contributed by atoms with van der Waals surface area (Å²) in [6.45, 7) is 1.90. The largest absolute Gasteiger partial charge is 0.465 e. The van der Waals surface area contributed by atoms with Crippen LogP contribution in [0.25, 0.3) is 21.9 Å². The summed E-state index contributed by atoms with van der Waals surface area (Å²) in [5.74, 6) is -0.585. The average Bonchev–Trinajstić information content (AvgIpc) is 2.45. The highest BCUT2D eigenvalue weighted by Crippen LogP contribution is 2.28. The monoisotopic (exact) mass is 269 g/mol. The number of aromatic nitrogens is 1. The van der Waals surface area contributed by atoms with E-state index in [1.165, 1.54) is 7.11 Å². The van der Waals surface area contributed by atoms with Gasteiger partial charge in [-0.1, -0.05) is 6.07 Å². The molecule has 5 nitrogen and oxygen atoms in total. The van der Waals surface area contributed by atoms with E-state index in [0.29, 0.717) is 16.5 Å². The van der Waals surface area contributed by atoms with Gasteiger partial charge in [-0.15, -0.1) is 0 Å². The molecule has 5 heteroatoms. The van der Waals surface area contributed by atoms with Crippen molar-refractivity contribution >= 4 is 27.8 Å². The molecule has 0 amide bonds. The number of hydrogen-bond donors (Lipinski definition) is 0. The number of nitrogens with zero attached hydrogens (tertiary/aromatic N) is 1. The molecule has 2 aromatic heterocycles. The highest BCUT2D eigenvalue weighted by molar-refractivity contribution is 6.14. The van der Waals surface area contributed by atoms with Gasteiger partial charge >= 0.3 is 11.6 Å². The average molecular weight is 269 g/mol. The molecular formula is C15H11NO4. The minimum Gasteiger partial charge on any atom is -0.465 e. The van der Waals surface area contributed by atoms with Crippen LogP contribution < -0.4 is 5.63 Å². The number of methoxy groups -OCH3 is 1. The third kappa shape index (κ3) is 1.75. The molecule has 0 bridgehead atoms. The Labute approximate surface area is 113 Å². The molecule has 0 unspecified atom stereocenters. The number of carbonyl (C=O) groups is 1. The van der Waals surface area contributed by atoms with Crippen LogP contribution in [0.2, 0.25) is 0 Å². The lowest BCUT2D eigenvalue weighted by Gasteiger charge is -2.08. The van der Waals surface area contributed by atoms with Gasteiger partial charge in [-0.05, 0) is 24.6 Å². The molecule has 0 saturated heterocycles. The predicted molar refractivity (Wildman–Crippen MR) is 73.9 cm³/mol. The van der Waals surface area contributed by atoms with Crippen LogP contribution in [0.15, 0.2) is 39.7 Å². The number of hydrogen-bond acceptors (Lipinski definition) is 5. The Balaban J connectivity index is 2.60. The predicted octanol–water partition coefficient (Wildman–Crippen LogP) is 2.44. The summed E-state index contributed by atoms with van der Waals surface area (Å²) in [7, 11) is 1.27. The van der Waals surface area contributed by atoms with E-state index in [9.17, 15) is 9.59 Å². The van der Waals surface area contributed by atoms with Gasteiger partial charge in [-0.25, -0.2) is 9.59 Å². The Morgan fingerprint density at radius 1 is 1.35 bits per heavy atom. The lowest BCUT2D eigenvalue weighted by Crippen LogP contribution is -2.09. The first-order valence-corrected chi connectivity index (χ1v) is 6.02. The highest BCUT2D eigenvalue weighted by atomic mass is 16.5. The van der Waals surface area contributed by atoms with E-state index in [2.05, 4.69) is 4.98 Å². The van der Waals surface area contributed by atoms with Crippen LogP contribution in [-0.2, 0) is 4.74 Å². The molecule has 0 fully saturated rings. The summed E-state index contributed by atoms with van der Waals surface area (Å²) < 4.78 is 9.91. The van der Waals surface area contributed by atoms with Gasteiger partial charge in [0.15, 0.2) is 0 Å². The Kier molecular flexibility index (Phi) is 2.75. The van der Waals surface area contributed by atoms with Crippen LogP contribution >= 0.6 is 0 Å². The number of ether oxygens (including phenoxy) is 1. The molecule has 2 heterocycles. The summed E-state index contributed by atoms with van der Waals surface area (Å²) in [4.78, 5) is 27.8. The molecular weight excluding hydrogens is 258 g/mol. The molecule has 3 rings (SSSR count). The van der Waals surface area contributed by atoms with Crippen molar-refractivity contribution in [2.24, 2.45) is 0 Å². The normalized spacial score (nSPS) is 10.9. The topological polar surface area (TPSA) is 69.4 Å². The molecule has 0 N–H and O–H groups in total. The van der Waals surface area contributed by atoms with Gasteiger partial charge in [-0.2, -0.15) is 0 Å². The number of rotatable bonds is 1. The molecule has 0 atom stereocenters. The SMILES string of the molecule is COC(=O)c1cc(=O)oc2cc(C)c3cccnc3c12. The van der Waals surface area contributed by atoms with E-state index in [-0.39, 0.29) is 5.56 Å². The van der Waals surface area contributed by atoms with Crippen molar-refractivity contribution in [1.82, 2.24) is 4.98 Å². The maximum Gasteiger partial charge on any atom is 0.338 e. The molecule has 100 valence electrons. The van der Waals surface area contributed by atoms with Gasteiger partial charge in [0.05, 0.1) is 23.6 Å². The van der Waals surface area contributed by atoms with Crippen LogP contribution in [-0.4, -0.2) is 18.1 Å². The second-order valence-corrected chi connectivity index (χ2v) is 4.44. The maximum atomic E-state index is 11.9. The molecule has 0 radical (unpaired) electrons. The van der Waals surface area contributed by atoms with Gasteiger partial charge < -0.3 is 9.15 Å². The first-order chi connectivity index (χ1) is 9.61. The number of benzene rings is 1. The van der Waals surface area contributed by atoms with Gasteiger partial charge in [0, 0.05) is 17.6 Å². The molecule has 1 aromatic carbocycles. The summed E-state index contributed by atoms with van der Waals surface area (Å²) in [5, 5.41) is 1.40. The number of esters is 1. The minimum atomic E-state index is -0.590. The zero-order valence-electron chi connectivity index (χ0n) is 11.0. The van der Waals surface area contributed by atoms with Crippen LogP contribution in [0.3, 0.4) is 0 Å². The minimum absolute atomic E-state index is 0.169. The summed E-state index contributed by atoms with van der Waals surface area (Å²) in [6, 6.07) is 6.59. The van der Waals surface area contributed by atoms with Crippen molar-refractivity contribution in [3.8, 4) is 0 Å². The fraction of sp³-hybridized carbons (Fsp3) is 0.133. The Hall–Kier alpha value is -2.69. The summed E-state index contributed by atoms with van der Waals surface area (Å²) >= 11 is 0. The van der Waals surface area contributed by atoms with Crippen LogP contribution in [0.4, 0.5) is 0 Å². The molecule has 3 aromatic rings. The number of pyridine rings is 1. The molecule has 0 spiro atoms. The summed E-state index contributed by atoms with van der Waals surface area (Å²) in [5.41, 5.74) is 1.45. The quantitative estimate of drug-likeness (QED) is 0.385. The van der Waals surface area contributed by atoms with Crippen LogP contribution in [0.5, 0.6) is 0 Å². The Morgan fingerprint density at radius 2 is 2.15 bits per heavy atom. The molecule has 0 saturated carbocycles. The number of carbonyl (C=O) groups excluding carboxylic acids is 1. The van der Waals surface area contributed by atoms with Gasteiger partial charge in [0.2, 0.25) is 0 Å². The van der Waals surface area contributed by atoms with Crippen molar-refractivity contribution in [1.29, 1.82) is 0 Å². The van der Waals surface area contributed by atoms with Crippen LogP contribution in [0.1, 0.15) is 15.9 Å². The number of fused-ring (bicyclic) bond motifs is 3. The third-order valence-electron chi connectivity index (χ3n) is 3.21. The molecule has 0 aliphatic rings. The van der Waals surface area contributed by atoms with Crippen molar-refractivity contribution in [3.05, 3.63) is 52.0 Å². The summed E-state index contributed by atoms with van der Waals surface area (Å²) in [6.07, 6.45) is 1.63. The van der Waals surface area contributed by atoms with Crippen molar-refractivity contribution in [2.75, 3.05) is 7.11 Å². The van der Waals surface area contributed by atoms with E-state index in [0.717, 1.165) is 17.0 Å². The smallest absolute Gasteiger partial charge is 0.338 e. The van der Waals surface area contributed by atoms with Gasteiger partial charge in [0.25, 0.3) is 0 Å². The van der Waals surface area contributed by atoms with E-state index in [1.54, 1.807) is 12.3 Å². The van der Waals surface area contributed by atoms with E-state index in [4.69, 9.17) is 9.15 Å². The standard InChI is InChI=1S/C15H11NO4/c1-8-6-11-13(14-9(8)4-3-5-16-14)10(15(18)19-2)7-12(17)20-11/h3-7H,1-2H3. The van der Waals surface area contributed by atoms with Crippen molar-refractivity contribution < 1.29 is 13.9 Å². The number of aryl methyl sites for hydroxylation is 1. The molecule has 0 aliphatic carbocycles. The fourth-order valence-corrected chi connectivity index (χ4v) is 2.33. The fourth-order valence-electron chi connectivity index (χ4n) is 2.33. The second kappa shape index (κ2) is 4.45. The Bertz CT molecular complexity index is 895. The first kappa shape index (κ1) is 12.3. The maximum absolute atomic E-state index is 11.9. The van der Waals surface area contributed by atoms with E-state index in [1.807, 2.05) is 19.1 Å². The zero-order valence-corrected chi connectivity index (χ0v) is 11.0. The highest BCUT2D eigenvalue weighted by Gasteiger charge is 2.17.